The van der Waals surface area contributed by atoms with Crippen molar-refractivity contribution in [3.8, 4) is 46.0 Å². The topological polar surface area (TPSA) is 126 Å². The summed E-state index contributed by atoms with van der Waals surface area (Å²) >= 11 is 0. The number of nitrogens with zero attached hydrogens (tertiary/aromatic N) is 2. The molecule has 1 unspecified atom stereocenters. The van der Waals surface area contributed by atoms with Gasteiger partial charge in [-0.15, -0.1) is 0 Å². The first-order valence-corrected chi connectivity index (χ1v) is 20.2. The quantitative estimate of drug-likeness (QED) is 0.0511. The van der Waals surface area contributed by atoms with Gasteiger partial charge in [0, 0.05) is 61.5 Å². The summed E-state index contributed by atoms with van der Waals surface area (Å²) in [6.07, 6.45) is 10.5. The van der Waals surface area contributed by atoms with Gasteiger partial charge in [0.15, 0.2) is 34.5 Å². The predicted molar refractivity (Wildman–Crippen MR) is 226 cm³/mol. The van der Waals surface area contributed by atoms with Crippen LogP contribution in [0.3, 0.4) is 0 Å². The molecule has 326 valence electrons. The number of hydrogen-bond acceptors (Lipinski definition) is 12. The molecular weight excluding hydrogens is 773 g/mol. The van der Waals surface area contributed by atoms with E-state index in [-0.39, 0.29) is 19.3 Å². The fraction of sp³-hybridized carbons (Fsp3) is 0.478. The van der Waals surface area contributed by atoms with Crippen LogP contribution in [0.1, 0.15) is 47.6 Å². The Morgan fingerprint density at radius 2 is 1.15 bits per heavy atom. The Labute approximate surface area is 354 Å². The molecule has 5 rings (SSSR count). The number of carbonyl (C=O) groups is 2. The number of ether oxygens (including phenoxy) is 10. The molecule has 0 amide bonds. The molecule has 2 aliphatic rings. The first kappa shape index (κ1) is 45.5. The lowest BCUT2D eigenvalue weighted by Crippen LogP contribution is -2.47. The van der Waals surface area contributed by atoms with E-state index < -0.39 is 11.9 Å². The van der Waals surface area contributed by atoms with Crippen LogP contribution in [0.5, 0.6) is 46.0 Å². The van der Waals surface area contributed by atoms with E-state index in [2.05, 4.69) is 13.2 Å². The highest BCUT2D eigenvalue weighted by atomic mass is 16.5. The number of benzene rings is 3. The van der Waals surface area contributed by atoms with E-state index >= 15 is 0 Å². The SMILES string of the molecule is COc1cc2c(cc1OC)[C@@H](Cc1cc(OC)c(OC)c(OC)c1)[N+](C)(/C=C/COC(=O)/C=C\C(=O)OCCC[N+]1(Cc3cc(OC)c(OC)c(OC)c3)CCCC1)CC2. The standard InChI is InChI=1S/C46H62N2O12/c1-47(21-16-34-29-37(51-2)38(52-3)30-35(34)36(47)24-32-25-39(53-4)45(57-8)40(26-32)54-5)17-12-22-59-43(49)14-15-44(50)60-23-13-20-48(18-10-11-19-48)31-33-27-41(55-6)46(58-9)42(28-33)56-7/h12,14-15,17,25-30,36H,10-11,13,16,18-24,31H2,1-9H3/q+2/b15-14-,17-12+/t36-,47?/m1/s1. The number of esters is 2. The first-order valence-electron chi connectivity index (χ1n) is 20.2. The predicted octanol–water partition coefficient (Wildman–Crippen LogP) is 6.40. The molecular formula is C46H62N2O12+2. The summed E-state index contributed by atoms with van der Waals surface area (Å²) in [6.45, 7) is 4.75. The van der Waals surface area contributed by atoms with Crippen LogP contribution in [0, 0.1) is 0 Å². The van der Waals surface area contributed by atoms with Gasteiger partial charge in [-0.25, -0.2) is 9.59 Å². The maximum absolute atomic E-state index is 12.7. The van der Waals surface area contributed by atoms with Crippen LogP contribution >= 0.6 is 0 Å². The Kier molecular flexibility index (Phi) is 16.0. The average molecular weight is 835 g/mol. The van der Waals surface area contributed by atoms with Gasteiger partial charge < -0.3 is 51.9 Å². The molecule has 0 aliphatic carbocycles. The van der Waals surface area contributed by atoms with Crippen molar-refractivity contribution < 1.29 is 65.9 Å². The summed E-state index contributed by atoms with van der Waals surface area (Å²) in [7, 11) is 15.0. The molecule has 2 atom stereocenters. The Bertz CT molecular complexity index is 1960. The van der Waals surface area contributed by atoms with Crippen molar-refractivity contribution in [2.75, 3.05) is 103 Å². The van der Waals surface area contributed by atoms with Crippen LogP contribution in [0.25, 0.3) is 0 Å². The molecule has 14 nitrogen and oxygen atoms in total. The fourth-order valence-electron chi connectivity index (χ4n) is 8.57. The summed E-state index contributed by atoms with van der Waals surface area (Å²) in [5, 5.41) is 0. The Hall–Kier alpha value is -5.60. The number of hydrogen-bond donors (Lipinski definition) is 0. The lowest BCUT2D eigenvalue weighted by Gasteiger charge is -2.43. The maximum Gasteiger partial charge on any atom is 0.331 e. The van der Waals surface area contributed by atoms with Crippen LogP contribution in [0.2, 0.25) is 0 Å². The smallest absolute Gasteiger partial charge is 0.331 e. The molecule has 0 bridgehead atoms. The van der Waals surface area contributed by atoms with Gasteiger partial charge in [-0.2, -0.15) is 0 Å². The minimum Gasteiger partial charge on any atom is -0.493 e. The summed E-state index contributed by atoms with van der Waals surface area (Å²) in [6, 6.07) is 12.0. The van der Waals surface area contributed by atoms with E-state index in [4.69, 9.17) is 47.4 Å². The van der Waals surface area contributed by atoms with Gasteiger partial charge in [-0.3, -0.25) is 4.48 Å². The lowest BCUT2D eigenvalue weighted by atomic mass is 9.86. The molecule has 0 saturated carbocycles. The van der Waals surface area contributed by atoms with Gasteiger partial charge >= 0.3 is 11.9 Å². The second-order valence-electron chi connectivity index (χ2n) is 15.3. The average Bonchev–Trinajstić information content (AvgIpc) is 3.73. The van der Waals surface area contributed by atoms with Crippen LogP contribution in [-0.2, 0) is 38.4 Å². The number of carbonyl (C=O) groups excluding carboxylic acids is 2. The molecule has 14 heteroatoms. The minimum atomic E-state index is -0.638. The third-order valence-corrected chi connectivity index (χ3v) is 11.6. The molecule has 0 N–H and O–H groups in total. The number of likely N-dealkylation sites (N-methyl/N-ethyl adjacent to an activating group) is 1. The van der Waals surface area contributed by atoms with Crippen LogP contribution in [0.4, 0.5) is 0 Å². The molecule has 1 fully saturated rings. The second kappa shape index (κ2) is 21.1. The van der Waals surface area contributed by atoms with Crippen molar-refractivity contribution in [2.24, 2.45) is 0 Å². The van der Waals surface area contributed by atoms with Gasteiger partial charge in [0.05, 0.1) is 103 Å². The third-order valence-electron chi connectivity index (χ3n) is 11.6. The second-order valence-corrected chi connectivity index (χ2v) is 15.3. The minimum absolute atomic E-state index is 0.0215. The molecule has 1 saturated heterocycles. The number of fused-ring (bicyclic) bond motifs is 1. The van der Waals surface area contributed by atoms with Gasteiger partial charge in [0.1, 0.15) is 19.2 Å². The zero-order valence-corrected chi connectivity index (χ0v) is 36.6. The molecule has 0 aromatic heterocycles. The lowest BCUT2D eigenvalue weighted by molar-refractivity contribution is -0.929. The molecule has 2 heterocycles. The van der Waals surface area contributed by atoms with E-state index in [0.29, 0.717) is 63.3 Å². The number of rotatable bonds is 21. The number of likely N-dealkylation sites (tertiary alicyclic amines) is 1. The molecule has 2 aliphatic heterocycles. The highest BCUT2D eigenvalue weighted by Gasteiger charge is 2.39. The van der Waals surface area contributed by atoms with Crippen molar-refractivity contribution in [3.05, 3.63) is 83.1 Å². The molecule has 0 spiro atoms. The maximum atomic E-state index is 12.7. The molecule has 0 radical (unpaired) electrons. The van der Waals surface area contributed by atoms with Gasteiger partial charge in [0.25, 0.3) is 0 Å². The monoisotopic (exact) mass is 834 g/mol. The van der Waals surface area contributed by atoms with E-state index in [1.54, 1.807) is 56.9 Å². The summed E-state index contributed by atoms with van der Waals surface area (Å²) in [5.74, 6) is 3.60. The van der Waals surface area contributed by atoms with Crippen molar-refractivity contribution >= 4 is 11.9 Å². The van der Waals surface area contributed by atoms with E-state index in [1.165, 1.54) is 5.56 Å². The fourth-order valence-corrected chi connectivity index (χ4v) is 8.57. The summed E-state index contributed by atoms with van der Waals surface area (Å²) < 4.78 is 57.2. The first-order chi connectivity index (χ1) is 29.0. The Morgan fingerprint density at radius 3 is 1.68 bits per heavy atom. The number of quaternary nitrogens is 2. The van der Waals surface area contributed by atoms with Crippen LogP contribution in [-0.4, -0.2) is 124 Å². The largest absolute Gasteiger partial charge is 0.493 e. The highest BCUT2D eigenvalue weighted by Crippen LogP contribution is 2.45. The third kappa shape index (κ3) is 10.8. The molecule has 3 aromatic carbocycles. The Morgan fingerprint density at radius 1 is 0.633 bits per heavy atom. The molecule has 60 heavy (non-hydrogen) atoms. The summed E-state index contributed by atoms with van der Waals surface area (Å²) in [5.41, 5.74) is 4.37. The van der Waals surface area contributed by atoms with E-state index in [1.807, 2.05) is 42.5 Å². The zero-order valence-electron chi connectivity index (χ0n) is 36.6. The van der Waals surface area contributed by atoms with E-state index in [0.717, 1.165) is 85.3 Å². The van der Waals surface area contributed by atoms with Gasteiger partial charge in [-0.1, -0.05) is 0 Å². The van der Waals surface area contributed by atoms with Crippen LogP contribution in [0.15, 0.2) is 60.8 Å². The molecule has 3 aromatic rings. The van der Waals surface area contributed by atoms with Crippen molar-refractivity contribution in [2.45, 2.75) is 44.7 Å². The van der Waals surface area contributed by atoms with Crippen molar-refractivity contribution in [1.82, 2.24) is 0 Å². The normalized spacial score (nSPS) is 18.1. The van der Waals surface area contributed by atoms with Crippen LogP contribution < -0.4 is 37.9 Å². The number of methoxy groups -OCH3 is 8. The van der Waals surface area contributed by atoms with E-state index in [9.17, 15) is 9.59 Å². The van der Waals surface area contributed by atoms with Crippen molar-refractivity contribution in [1.29, 1.82) is 0 Å². The van der Waals surface area contributed by atoms with Gasteiger partial charge in [-0.05, 0) is 47.5 Å². The summed E-state index contributed by atoms with van der Waals surface area (Å²) in [4.78, 5) is 25.2. The zero-order chi connectivity index (χ0) is 43.3. The van der Waals surface area contributed by atoms with Gasteiger partial charge in [0.2, 0.25) is 11.5 Å². The van der Waals surface area contributed by atoms with Crippen molar-refractivity contribution in [3.63, 3.8) is 0 Å². The highest BCUT2D eigenvalue weighted by molar-refractivity contribution is 5.91. The Balaban J connectivity index is 1.18.